The summed E-state index contributed by atoms with van der Waals surface area (Å²) in [5, 5.41) is 37.9. The molecule has 0 aliphatic heterocycles. The van der Waals surface area contributed by atoms with Gasteiger partial charge >= 0.3 is 0 Å². The fourth-order valence-corrected chi connectivity index (χ4v) is 4.41. The molecule has 1 aromatic heterocycles. The summed E-state index contributed by atoms with van der Waals surface area (Å²) in [5.41, 5.74) is 1.92. The maximum Gasteiger partial charge on any atom is 0.149 e. The summed E-state index contributed by atoms with van der Waals surface area (Å²) in [5.74, 6) is 1.18. The van der Waals surface area contributed by atoms with Gasteiger partial charge in [0.05, 0.1) is 29.7 Å². The van der Waals surface area contributed by atoms with E-state index in [1.807, 2.05) is 59.0 Å². The van der Waals surface area contributed by atoms with Crippen molar-refractivity contribution in [2.75, 3.05) is 19.1 Å². The van der Waals surface area contributed by atoms with Crippen molar-refractivity contribution in [1.82, 2.24) is 15.0 Å². The van der Waals surface area contributed by atoms with Crippen LogP contribution in [0.5, 0.6) is 11.5 Å². The molecule has 0 radical (unpaired) electrons. The fraction of sp³-hybridized carbons (Fsp3) is 0.417. The average molecular weight is 636 g/mol. The summed E-state index contributed by atoms with van der Waals surface area (Å²) in [7, 11) is 0. The number of ether oxygens (including phenoxy) is 2. The molecule has 3 rings (SSSR count). The molecular weight excluding hydrogens is 608 g/mol. The Kier molecular flexibility index (Phi) is 10.0. The van der Waals surface area contributed by atoms with Crippen molar-refractivity contribution in [1.29, 1.82) is 0 Å². The molecule has 0 saturated carbocycles. The number of rotatable bonds is 12. The minimum Gasteiger partial charge on any atom is -0.491 e. The van der Waals surface area contributed by atoms with Crippen molar-refractivity contribution in [2.24, 2.45) is 0 Å². The third-order valence-electron chi connectivity index (χ3n) is 5.58. The first-order chi connectivity index (χ1) is 16.7. The van der Waals surface area contributed by atoms with Gasteiger partial charge < -0.3 is 24.8 Å². The van der Waals surface area contributed by atoms with E-state index in [0.29, 0.717) is 25.9 Å². The zero-order chi connectivity index (χ0) is 25.6. The minimum atomic E-state index is -0.858. The van der Waals surface area contributed by atoms with Crippen molar-refractivity contribution in [3.63, 3.8) is 0 Å². The first kappa shape index (κ1) is 27.9. The van der Waals surface area contributed by atoms with Crippen LogP contribution in [0.4, 0.5) is 0 Å². The maximum atomic E-state index is 10.5. The van der Waals surface area contributed by atoms with Crippen LogP contribution in [0.15, 0.2) is 42.5 Å². The zero-order valence-electron chi connectivity index (χ0n) is 19.4. The second-order valence-electron chi connectivity index (χ2n) is 8.52. The van der Waals surface area contributed by atoms with Gasteiger partial charge in [0, 0.05) is 11.0 Å². The SMILES string of the molecule is CC(C)(c1ccc(OC[C@@H](O)CCl)c(Cl)c1)c1ccccc1OC[C@@H](O)Cn1nnc(I)c1CO. The molecule has 35 heavy (non-hydrogen) atoms. The number of hydrogen-bond donors (Lipinski definition) is 3. The number of aliphatic hydroxyl groups is 3. The molecule has 11 heteroatoms. The van der Waals surface area contributed by atoms with E-state index in [1.165, 1.54) is 4.68 Å². The van der Waals surface area contributed by atoms with E-state index < -0.39 is 17.6 Å². The summed E-state index contributed by atoms with van der Waals surface area (Å²) >= 11 is 14.1. The molecule has 1 heterocycles. The van der Waals surface area contributed by atoms with Gasteiger partial charge in [-0.25, -0.2) is 4.68 Å². The van der Waals surface area contributed by atoms with E-state index in [9.17, 15) is 15.3 Å². The second kappa shape index (κ2) is 12.6. The third kappa shape index (κ3) is 6.99. The van der Waals surface area contributed by atoms with Crippen LogP contribution in [0.2, 0.25) is 5.02 Å². The topological polar surface area (TPSA) is 110 Å². The molecule has 0 amide bonds. The second-order valence-corrected chi connectivity index (χ2v) is 10.3. The number of nitrogens with zero attached hydrogens (tertiary/aromatic N) is 3. The number of alkyl halides is 1. The number of para-hydroxylation sites is 1. The molecule has 0 bridgehead atoms. The molecule has 0 aliphatic rings. The van der Waals surface area contributed by atoms with Crippen LogP contribution in [-0.4, -0.2) is 61.6 Å². The Morgan fingerprint density at radius 3 is 2.43 bits per heavy atom. The number of benzene rings is 2. The van der Waals surface area contributed by atoms with Crippen LogP contribution in [0.1, 0.15) is 30.7 Å². The minimum absolute atomic E-state index is 0.0326. The van der Waals surface area contributed by atoms with Crippen molar-refractivity contribution in [2.45, 2.75) is 44.6 Å². The monoisotopic (exact) mass is 635 g/mol. The van der Waals surface area contributed by atoms with E-state index in [2.05, 4.69) is 24.2 Å². The Bertz CT molecular complexity index is 1130. The molecule has 0 unspecified atom stereocenters. The quantitative estimate of drug-likeness (QED) is 0.205. The Hall–Kier alpha value is -1.63. The predicted octanol–water partition coefficient (Wildman–Crippen LogP) is 3.77. The van der Waals surface area contributed by atoms with Crippen LogP contribution in [0.3, 0.4) is 0 Å². The van der Waals surface area contributed by atoms with Gasteiger partial charge in [0.1, 0.15) is 40.6 Å². The number of aliphatic hydroxyl groups excluding tert-OH is 3. The maximum absolute atomic E-state index is 10.5. The Balaban J connectivity index is 1.74. The molecule has 3 aromatic rings. The molecule has 0 spiro atoms. The summed E-state index contributed by atoms with van der Waals surface area (Å²) in [4.78, 5) is 0. The summed E-state index contributed by atoms with van der Waals surface area (Å²) in [6.45, 7) is 4.13. The number of halogens is 3. The lowest BCUT2D eigenvalue weighted by atomic mass is 9.77. The van der Waals surface area contributed by atoms with Crippen molar-refractivity contribution < 1.29 is 24.8 Å². The Morgan fingerprint density at radius 1 is 1.06 bits per heavy atom. The highest BCUT2D eigenvalue weighted by Gasteiger charge is 2.28. The molecule has 0 fully saturated rings. The van der Waals surface area contributed by atoms with Gasteiger partial charge in [0.2, 0.25) is 0 Å². The van der Waals surface area contributed by atoms with Gasteiger partial charge in [0.15, 0.2) is 0 Å². The molecule has 8 nitrogen and oxygen atoms in total. The van der Waals surface area contributed by atoms with Crippen molar-refractivity contribution in [3.05, 3.63) is 68.0 Å². The van der Waals surface area contributed by atoms with Gasteiger partial charge in [-0.2, -0.15) is 0 Å². The summed E-state index contributed by atoms with van der Waals surface area (Å²) < 4.78 is 13.7. The lowest BCUT2D eigenvalue weighted by Crippen LogP contribution is -2.27. The highest BCUT2D eigenvalue weighted by molar-refractivity contribution is 14.1. The lowest BCUT2D eigenvalue weighted by molar-refractivity contribution is 0.0858. The zero-order valence-corrected chi connectivity index (χ0v) is 23.0. The molecule has 0 aliphatic carbocycles. The average Bonchev–Trinajstić information content (AvgIpc) is 3.20. The largest absolute Gasteiger partial charge is 0.491 e. The van der Waals surface area contributed by atoms with Gasteiger partial charge in [-0.05, 0) is 46.4 Å². The summed E-state index contributed by atoms with van der Waals surface area (Å²) in [6.07, 6.45) is -1.63. The standard InChI is InChI=1S/C24H28Cl2IN3O5/c1-24(2,15-7-8-22(19(26)9-15)35-13-16(32)10-25)18-5-3-4-6-21(18)34-14-17(33)11-30-20(12-31)23(27)28-29-30/h3-9,16-17,31-33H,10-14H2,1-2H3/t16-,17-/m0/s1. The molecule has 2 atom stereocenters. The van der Waals surface area contributed by atoms with Crippen LogP contribution in [0.25, 0.3) is 0 Å². The highest BCUT2D eigenvalue weighted by Crippen LogP contribution is 2.39. The van der Waals surface area contributed by atoms with Gasteiger partial charge in [-0.3, -0.25) is 0 Å². The van der Waals surface area contributed by atoms with E-state index >= 15 is 0 Å². The van der Waals surface area contributed by atoms with Crippen LogP contribution in [-0.2, 0) is 18.6 Å². The lowest BCUT2D eigenvalue weighted by Gasteiger charge is -2.29. The van der Waals surface area contributed by atoms with E-state index in [1.54, 1.807) is 6.07 Å². The van der Waals surface area contributed by atoms with Crippen molar-refractivity contribution in [3.8, 4) is 11.5 Å². The van der Waals surface area contributed by atoms with E-state index in [4.69, 9.17) is 32.7 Å². The number of aromatic nitrogens is 3. The summed E-state index contributed by atoms with van der Waals surface area (Å²) in [6, 6.07) is 13.1. The van der Waals surface area contributed by atoms with Crippen LogP contribution >= 0.6 is 45.8 Å². The third-order valence-corrected chi connectivity index (χ3v) is 7.07. The van der Waals surface area contributed by atoms with E-state index in [0.717, 1.165) is 11.1 Å². The molecule has 3 N–H and O–H groups in total. The molecule has 0 saturated heterocycles. The van der Waals surface area contributed by atoms with Gasteiger partial charge in [-0.15, -0.1) is 16.7 Å². The highest BCUT2D eigenvalue weighted by atomic mass is 127. The fourth-order valence-electron chi connectivity index (χ4n) is 3.54. The van der Waals surface area contributed by atoms with Gasteiger partial charge in [-0.1, -0.05) is 54.9 Å². The van der Waals surface area contributed by atoms with Crippen molar-refractivity contribution >= 4 is 45.8 Å². The first-order valence-corrected chi connectivity index (χ1v) is 12.9. The molecular formula is C24H28Cl2IN3O5. The normalized spacial score (nSPS) is 13.5. The van der Waals surface area contributed by atoms with E-state index in [-0.39, 0.29) is 32.2 Å². The Labute approximate surface area is 227 Å². The molecule has 2 aromatic carbocycles. The predicted molar refractivity (Wildman–Crippen MR) is 142 cm³/mol. The van der Waals surface area contributed by atoms with Crippen LogP contribution < -0.4 is 9.47 Å². The Morgan fingerprint density at radius 2 is 1.74 bits per heavy atom. The van der Waals surface area contributed by atoms with Gasteiger partial charge in [0.25, 0.3) is 0 Å². The smallest absolute Gasteiger partial charge is 0.149 e. The molecule has 190 valence electrons. The first-order valence-electron chi connectivity index (χ1n) is 10.9. The number of hydrogen-bond acceptors (Lipinski definition) is 7. The van der Waals surface area contributed by atoms with Crippen LogP contribution in [0, 0.1) is 3.70 Å².